The molecule has 8 heteroatoms. The zero-order valence-corrected chi connectivity index (χ0v) is 17.3. The lowest BCUT2D eigenvalue weighted by atomic mass is 10.1. The van der Waals surface area contributed by atoms with Gasteiger partial charge in [0.25, 0.3) is 0 Å². The van der Waals surface area contributed by atoms with Crippen LogP contribution >= 0.6 is 0 Å². The number of rotatable bonds is 5. The van der Waals surface area contributed by atoms with E-state index in [2.05, 4.69) is 25.6 Å². The Morgan fingerprint density at radius 2 is 1.61 bits per heavy atom. The Balaban J connectivity index is 1.33. The molecule has 3 aromatic heterocycles. The third kappa shape index (κ3) is 4.49. The van der Waals surface area contributed by atoms with Gasteiger partial charge in [-0.1, -0.05) is 24.3 Å². The molecule has 0 saturated carbocycles. The molecule has 0 radical (unpaired) electrons. The van der Waals surface area contributed by atoms with E-state index in [1.54, 1.807) is 47.3 Å². The SMILES string of the molecule is O=C(/C=C/c1ccc(F)cc1)Nc1ccc(-c2ccc3nnc(-c4ccncc4)n3n2)cc1. The standard InChI is InChI=1S/C25H17FN6O/c26-20-6-1-17(2-7-20)3-12-24(33)28-21-8-4-18(5-9-21)22-10-11-23-29-30-25(32(23)31-22)19-13-15-27-16-14-19/h1-16H,(H,28,33)/b12-3+. The highest BCUT2D eigenvalue weighted by Gasteiger charge is 2.11. The maximum atomic E-state index is 13.0. The van der Waals surface area contributed by atoms with Crippen molar-refractivity contribution in [1.29, 1.82) is 0 Å². The molecule has 160 valence electrons. The van der Waals surface area contributed by atoms with Gasteiger partial charge in [0.2, 0.25) is 5.91 Å². The largest absolute Gasteiger partial charge is 0.323 e. The Bertz CT molecular complexity index is 1440. The molecule has 2 aromatic carbocycles. The van der Waals surface area contributed by atoms with Gasteiger partial charge in [-0.15, -0.1) is 10.2 Å². The van der Waals surface area contributed by atoms with Crippen LogP contribution in [0.2, 0.25) is 0 Å². The first-order valence-electron chi connectivity index (χ1n) is 10.1. The van der Waals surface area contributed by atoms with Crippen LogP contribution < -0.4 is 5.32 Å². The Labute approximate surface area is 188 Å². The Kier molecular flexibility index (Phi) is 5.38. The van der Waals surface area contributed by atoms with Gasteiger partial charge in [-0.25, -0.2) is 4.39 Å². The lowest BCUT2D eigenvalue weighted by Crippen LogP contribution is -2.07. The van der Waals surface area contributed by atoms with Crippen LogP contribution in [0.25, 0.3) is 34.4 Å². The molecule has 1 amide bonds. The van der Waals surface area contributed by atoms with Crippen molar-refractivity contribution in [3.8, 4) is 22.6 Å². The van der Waals surface area contributed by atoms with Gasteiger partial charge in [-0.05, 0) is 60.2 Å². The summed E-state index contributed by atoms with van der Waals surface area (Å²) < 4.78 is 14.7. The molecule has 0 fully saturated rings. The second-order valence-electron chi connectivity index (χ2n) is 7.20. The number of nitrogens with zero attached hydrogens (tertiary/aromatic N) is 5. The average Bonchev–Trinajstić information content (AvgIpc) is 3.28. The summed E-state index contributed by atoms with van der Waals surface area (Å²) in [4.78, 5) is 16.2. The van der Waals surface area contributed by atoms with Crippen molar-refractivity contribution in [2.45, 2.75) is 0 Å². The van der Waals surface area contributed by atoms with Crippen LogP contribution in [0.3, 0.4) is 0 Å². The zero-order chi connectivity index (χ0) is 22.6. The summed E-state index contributed by atoms with van der Waals surface area (Å²) in [5.74, 6) is 0.0346. The van der Waals surface area contributed by atoms with Gasteiger partial charge >= 0.3 is 0 Å². The summed E-state index contributed by atoms with van der Waals surface area (Å²) in [6, 6.07) is 20.7. The molecule has 0 atom stereocenters. The normalized spacial score (nSPS) is 11.2. The Hall–Kier alpha value is -4.72. The first-order valence-corrected chi connectivity index (χ1v) is 10.1. The number of fused-ring (bicyclic) bond motifs is 1. The molecule has 0 spiro atoms. The number of pyridine rings is 1. The van der Waals surface area contributed by atoms with Crippen LogP contribution in [0, 0.1) is 5.82 Å². The van der Waals surface area contributed by atoms with Crippen LogP contribution in [-0.4, -0.2) is 30.7 Å². The van der Waals surface area contributed by atoms with E-state index in [1.165, 1.54) is 18.2 Å². The van der Waals surface area contributed by atoms with E-state index < -0.39 is 0 Å². The first kappa shape index (κ1) is 20.2. The summed E-state index contributed by atoms with van der Waals surface area (Å²) in [6.45, 7) is 0. The number of benzene rings is 2. The van der Waals surface area contributed by atoms with Gasteiger partial charge in [0, 0.05) is 35.3 Å². The van der Waals surface area contributed by atoms with Gasteiger partial charge in [0.15, 0.2) is 11.5 Å². The molecule has 5 rings (SSSR count). The van der Waals surface area contributed by atoms with Gasteiger partial charge in [-0.2, -0.15) is 9.61 Å². The summed E-state index contributed by atoms with van der Waals surface area (Å²) >= 11 is 0. The fourth-order valence-electron chi connectivity index (χ4n) is 3.28. The topological polar surface area (TPSA) is 85.1 Å². The van der Waals surface area contributed by atoms with Crippen LogP contribution in [0.15, 0.2) is 91.3 Å². The van der Waals surface area contributed by atoms with Crippen LogP contribution in [0.1, 0.15) is 5.56 Å². The average molecular weight is 436 g/mol. The fourth-order valence-corrected chi connectivity index (χ4v) is 3.28. The zero-order valence-electron chi connectivity index (χ0n) is 17.3. The van der Waals surface area contributed by atoms with E-state index in [4.69, 9.17) is 0 Å². The molecule has 1 N–H and O–H groups in total. The maximum absolute atomic E-state index is 13.0. The van der Waals surface area contributed by atoms with Crippen LogP contribution in [-0.2, 0) is 4.79 Å². The summed E-state index contributed by atoms with van der Waals surface area (Å²) in [7, 11) is 0. The van der Waals surface area contributed by atoms with Crippen molar-refractivity contribution >= 4 is 23.3 Å². The Morgan fingerprint density at radius 3 is 2.36 bits per heavy atom. The minimum atomic E-state index is -0.316. The Morgan fingerprint density at radius 1 is 0.848 bits per heavy atom. The summed E-state index contributed by atoms with van der Waals surface area (Å²) in [6.07, 6.45) is 6.43. The smallest absolute Gasteiger partial charge is 0.248 e. The molecule has 5 aromatic rings. The number of carbonyl (C=O) groups is 1. The highest BCUT2D eigenvalue weighted by molar-refractivity contribution is 6.02. The lowest BCUT2D eigenvalue weighted by molar-refractivity contribution is -0.111. The lowest BCUT2D eigenvalue weighted by Gasteiger charge is -2.06. The van der Waals surface area contributed by atoms with Gasteiger partial charge < -0.3 is 5.32 Å². The number of anilines is 1. The van der Waals surface area contributed by atoms with Crippen molar-refractivity contribution in [3.63, 3.8) is 0 Å². The van der Waals surface area contributed by atoms with Gasteiger partial charge in [0.1, 0.15) is 5.82 Å². The minimum absolute atomic E-state index is 0.280. The van der Waals surface area contributed by atoms with E-state index in [9.17, 15) is 9.18 Å². The van der Waals surface area contributed by atoms with E-state index in [0.29, 0.717) is 17.2 Å². The first-order chi connectivity index (χ1) is 16.2. The molecule has 0 unspecified atom stereocenters. The second-order valence-corrected chi connectivity index (χ2v) is 7.20. The van der Waals surface area contributed by atoms with E-state index in [-0.39, 0.29) is 11.7 Å². The molecule has 0 bridgehead atoms. The quantitative estimate of drug-likeness (QED) is 0.406. The molecule has 0 aliphatic carbocycles. The number of aromatic nitrogens is 5. The summed E-state index contributed by atoms with van der Waals surface area (Å²) in [5, 5.41) is 15.9. The molecule has 0 saturated heterocycles. The number of hydrogen-bond donors (Lipinski definition) is 1. The number of nitrogens with one attached hydrogen (secondary N) is 1. The molecular weight excluding hydrogens is 419 g/mol. The molecule has 7 nitrogen and oxygen atoms in total. The van der Waals surface area contributed by atoms with Gasteiger partial charge in [-0.3, -0.25) is 9.78 Å². The third-order valence-corrected chi connectivity index (χ3v) is 4.95. The monoisotopic (exact) mass is 436 g/mol. The fraction of sp³-hybridized carbons (Fsp3) is 0. The van der Waals surface area contributed by atoms with Crippen molar-refractivity contribution < 1.29 is 9.18 Å². The molecule has 3 heterocycles. The van der Waals surface area contributed by atoms with Crippen molar-refractivity contribution in [2.24, 2.45) is 0 Å². The maximum Gasteiger partial charge on any atom is 0.248 e. The predicted molar refractivity (Wildman–Crippen MR) is 124 cm³/mol. The second kappa shape index (κ2) is 8.80. The minimum Gasteiger partial charge on any atom is -0.323 e. The molecule has 0 aliphatic rings. The number of amides is 1. The number of hydrogen-bond acceptors (Lipinski definition) is 5. The van der Waals surface area contributed by atoms with Crippen molar-refractivity contribution in [3.05, 3.63) is 103 Å². The van der Waals surface area contributed by atoms with E-state index in [1.807, 2.05) is 36.4 Å². The molecule has 0 aliphatic heterocycles. The predicted octanol–water partition coefficient (Wildman–Crippen LogP) is 4.64. The molecule has 33 heavy (non-hydrogen) atoms. The van der Waals surface area contributed by atoms with E-state index in [0.717, 1.165) is 22.4 Å². The molecular formula is C25H17FN6O. The van der Waals surface area contributed by atoms with Crippen molar-refractivity contribution in [1.82, 2.24) is 24.8 Å². The van der Waals surface area contributed by atoms with Gasteiger partial charge in [0.05, 0.1) is 5.69 Å². The number of carbonyl (C=O) groups excluding carboxylic acids is 1. The van der Waals surface area contributed by atoms with E-state index >= 15 is 0 Å². The van der Waals surface area contributed by atoms with Crippen LogP contribution in [0.4, 0.5) is 10.1 Å². The highest BCUT2D eigenvalue weighted by atomic mass is 19.1. The highest BCUT2D eigenvalue weighted by Crippen LogP contribution is 2.22. The van der Waals surface area contributed by atoms with Crippen LogP contribution in [0.5, 0.6) is 0 Å². The number of halogens is 1. The summed E-state index contributed by atoms with van der Waals surface area (Å²) in [5.41, 5.74) is 4.52. The third-order valence-electron chi connectivity index (χ3n) is 4.95. The van der Waals surface area contributed by atoms with Crippen molar-refractivity contribution in [2.75, 3.05) is 5.32 Å².